The van der Waals surface area contributed by atoms with Crippen LogP contribution in [0.1, 0.15) is 10.4 Å². The van der Waals surface area contributed by atoms with E-state index in [4.69, 9.17) is 17.3 Å². The van der Waals surface area contributed by atoms with Gasteiger partial charge in [-0.3, -0.25) is 9.59 Å². The molecular formula is C15H14ClN3O2. The van der Waals surface area contributed by atoms with Crippen LogP contribution in [0.25, 0.3) is 0 Å². The summed E-state index contributed by atoms with van der Waals surface area (Å²) in [5, 5.41) is 6.09. The lowest BCUT2D eigenvalue weighted by Crippen LogP contribution is -2.24. The van der Waals surface area contributed by atoms with Gasteiger partial charge in [0.1, 0.15) is 0 Å². The number of anilines is 2. The smallest absolute Gasteiger partial charge is 0.250 e. The van der Waals surface area contributed by atoms with Crippen molar-refractivity contribution < 1.29 is 9.59 Å². The summed E-state index contributed by atoms with van der Waals surface area (Å²) in [6.45, 7) is 0.0246. The van der Waals surface area contributed by atoms with Crippen LogP contribution >= 0.6 is 11.6 Å². The summed E-state index contributed by atoms with van der Waals surface area (Å²) >= 11 is 5.98. The number of hydrogen-bond acceptors (Lipinski definition) is 3. The number of hydrogen-bond donors (Lipinski definition) is 3. The first-order chi connectivity index (χ1) is 10.1. The molecule has 0 fully saturated rings. The molecule has 2 aromatic carbocycles. The molecule has 21 heavy (non-hydrogen) atoms. The van der Waals surface area contributed by atoms with Crippen LogP contribution in [0.15, 0.2) is 48.5 Å². The molecule has 2 amide bonds. The average molecular weight is 304 g/mol. The fraction of sp³-hybridized carbons (Fsp3) is 0.0667. The van der Waals surface area contributed by atoms with E-state index in [9.17, 15) is 9.59 Å². The van der Waals surface area contributed by atoms with Crippen LogP contribution in [-0.2, 0) is 4.79 Å². The zero-order valence-corrected chi connectivity index (χ0v) is 11.9. The number of benzene rings is 2. The summed E-state index contributed by atoms with van der Waals surface area (Å²) in [4.78, 5) is 23.2. The molecule has 0 aliphatic rings. The summed E-state index contributed by atoms with van der Waals surface area (Å²) < 4.78 is 0. The van der Waals surface area contributed by atoms with Crippen molar-refractivity contribution >= 4 is 34.8 Å². The molecule has 108 valence electrons. The zero-order chi connectivity index (χ0) is 15.2. The van der Waals surface area contributed by atoms with Gasteiger partial charge in [-0.15, -0.1) is 0 Å². The highest BCUT2D eigenvalue weighted by atomic mass is 35.5. The predicted octanol–water partition coefficient (Wildman–Crippen LogP) is 2.49. The van der Waals surface area contributed by atoms with Gasteiger partial charge in [-0.05, 0) is 24.3 Å². The van der Waals surface area contributed by atoms with Crippen LogP contribution in [0.4, 0.5) is 11.4 Å². The molecule has 0 aliphatic carbocycles. The van der Waals surface area contributed by atoms with Crippen LogP contribution in [0, 0.1) is 0 Å². The molecule has 0 spiro atoms. The average Bonchev–Trinajstić information content (AvgIpc) is 2.47. The Balaban J connectivity index is 2.00. The molecule has 0 saturated heterocycles. The van der Waals surface area contributed by atoms with E-state index in [0.717, 1.165) is 0 Å². The van der Waals surface area contributed by atoms with Crippen molar-refractivity contribution in [3.05, 3.63) is 59.1 Å². The number of rotatable bonds is 5. The number of carbonyl (C=O) groups excluding carboxylic acids is 2. The molecule has 0 unspecified atom stereocenters. The van der Waals surface area contributed by atoms with Gasteiger partial charge in [0.25, 0.3) is 5.91 Å². The highest BCUT2D eigenvalue weighted by Gasteiger charge is 2.10. The van der Waals surface area contributed by atoms with Gasteiger partial charge in [0, 0.05) is 0 Å². The number of para-hydroxylation sites is 2. The second kappa shape index (κ2) is 6.76. The van der Waals surface area contributed by atoms with Crippen molar-refractivity contribution in [1.82, 2.24) is 0 Å². The fourth-order valence-corrected chi connectivity index (χ4v) is 1.98. The van der Waals surface area contributed by atoms with Crippen LogP contribution < -0.4 is 16.4 Å². The second-order valence-corrected chi connectivity index (χ2v) is 4.70. The molecule has 0 heterocycles. The summed E-state index contributed by atoms with van der Waals surface area (Å²) in [7, 11) is 0. The molecule has 6 heteroatoms. The largest absolute Gasteiger partial charge is 0.375 e. The van der Waals surface area contributed by atoms with E-state index in [1.165, 1.54) is 0 Å². The Labute approximate surface area is 127 Å². The Hall–Kier alpha value is -2.53. The summed E-state index contributed by atoms with van der Waals surface area (Å²) in [6, 6.07) is 13.7. The number of amides is 2. The van der Waals surface area contributed by atoms with Crippen LogP contribution in [0.5, 0.6) is 0 Å². The van der Waals surface area contributed by atoms with Crippen molar-refractivity contribution in [3.8, 4) is 0 Å². The van der Waals surface area contributed by atoms with Crippen LogP contribution in [0.3, 0.4) is 0 Å². The highest BCUT2D eigenvalue weighted by Crippen LogP contribution is 2.20. The Morgan fingerprint density at radius 1 is 1.00 bits per heavy atom. The second-order valence-electron chi connectivity index (χ2n) is 4.29. The molecule has 4 N–H and O–H groups in total. The number of nitrogens with two attached hydrogens (primary N) is 1. The van der Waals surface area contributed by atoms with Crippen molar-refractivity contribution in [1.29, 1.82) is 0 Å². The van der Waals surface area contributed by atoms with E-state index in [1.54, 1.807) is 42.5 Å². The third-order valence-electron chi connectivity index (χ3n) is 2.78. The summed E-state index contributed by atoms with van der Waals surface area (Å²) in [5.74, 6) is -0.895. The zero-order valence-electron chi connectivity index (χ0n) is 11.1. The Bertz CT molecular complexity index is 673. The third kappa shape index (κ3) is 3.97. The van der Waals surface area contributed by atoms with E-state index >= 15 is 0 Å². The lowest BCUT2D eigenvalue weighted by molar-refractivity contribution is -0.114. The standard InChI is InChI=1S/C15H14ClN3O2/c16-11-6-2-4-8-13(11)18-9-14(20)19-12-7-3-1-5-10(12)15(17)21/h1-8,18H,9H2,(H2,17,21)(H,19,20). The van der Waals surface area contributed by atoms with E-state index in [-0.39, 0.29) is 18.0 Å². The van der Waals surface area contributed by atoms with Gasteiger partial charge in [-0.2, -0.15) is 0 Å². The van der Waals surface area contributed by atoms with Gasteiger partial charge in [0.2, 0.25) is 5.91 Å². The minimum absolute atomic E-state index is 0.0246. The van der Waals surface area contributed by atoms with Crippen molar-refractivity contribution in [2.75, 3.05) is 17.2 Å². The fourth-order valence-electron chi connectivity index (χ4n) is 1.78. The molecular weight excluding hydrogens is 290 g/mol. The minimum Gasteiger partial charge on any atom is -0.375 e. The van der Waals surface area contributed by atoms with Crippen LogP contribution in [-0.4, -0.2) is 18.4 Å². The maximum absolute atomic E-state index is 11.9. The number of carbonyl (C=O) groups is 2. The van der Waals surface area contributed by atoms with Gasteiger partial charge in [-0.25, -0.2) is 0 Å². The predicted molar refractivity (Wildman–Crippen MR) is 83.5 cm³/mol. The highest BCUT2D eigenvalue weighted by molar-refractivity contribution is 6.33. The van der Waals surface area contributed by atoms with Crippen molar-refractivity contribution in [2.45, 2.75) is 0 Å². The minimum atomic E-state index is -0.593. The summed E-state index contributed by atoms with van der Waals surface area (Å²) in [6.07, 6.45) is 0. The maximum Gasteiger partial charge on any atom is 0.250 e. The van der Waals surface area contributed by atoms with Gasteiger partial charge < -0.3 is 16.4 Å². The normalized spacial score (nSPS) is 9.95. The number of nitrogens with one attached hydrogen (secondary N) is 2. The van der Waals surface area contributed by atoms with Gasteiger partial charge in [0.05, 0.1) is 28.5 Å². The third-order valence-corrected chi connectivity index (χ3v) is 3.11. The molecule has 2 rings (SSSR count). The molecule has 0 bridgehead atoms. The van der Waals surface area contributed by atoms with Gasteiger partial charge in [-0.1, -0.05) is 35.9 Å². The monoisotopic (exact) mass is 303 g/mol. The Morgan fingerprint density at radius 2 is 1.62 bits per heavy atom. The molecule has 5 nitrogen and oxygen atoms in total. The Kier molecular flexibility index (Phi) is 4.79. The van der Waals surface area contributed by atoms with E-state index in [1.807, 2.05) is 6.07 Å². The van der Waals surface area contributed by atoms with E-state index in [0.29, 0.717) is 16.4 Å². The van der Waals surface area contributed by atoms with E-state index < -0.39 is 5.91 Å². The first-order valence-electron chi connectivity index (χ1n) is 6.25. The van der Waals surface area contributed by atoms with Crippen molar-refractivity contribution in [3.63, 3.8) is 0 Å². The lowest BCUT2D eigenvalue weighted by Gasteiger charge is -2.10. The quantitative estimate of drug-likeness (QED) is 0.793. The molecule has 0 radical (unpaired) electrons. The molecule has 0 aliphatic heterocycles. The molecule has 0 atom stereocenters. The van der Waals surface area contributed by atoms with Crippen molar-refractivity contribution in [2.24, 2.45) is 5.73 Å². The van der Waals surface area contributed by atoms with E-state index in [2.05, 4.69) is 10.6 Å². The summed E-state index contributed by atoms with van der Waals surface area (Å²) in [5.41, 5.74) is 6.57. The maximum atomic E-state index is 11.9. The Morgan fingerprint density at radius 3 is 2.29 bits per heavy atom. The molecule has 0 aromatic heterocycles. The molecule has 2 aromatic rings. The van der Waals surface area contributed by atoms with Gasteiger partial charge in [0.15, 0.2) is 0 Å². The number of primary amides is 1. The van der Waals surface area contributed by atoms with Gasteiger partial charge >= 0.3 is 0 Å². The number of halogens is 1. The first-order valence-corrected chi connectivity index (χ1v) is 6.63. The SMILES string of the molecule is NC(=O)c1ccccc1NC(=O)CNc1ccccc1Cl. The molecule has 0 saturated carbocycles. The first kappa shape index (κ1) is 14.9. The van der Waals surface area contributed by atoms with Crippen LogP contribution in [0.2, 0.25) is 5.02 Å². The topological polar surface area (TPSA) is 84.2 Å². The lowest BCUT2D eigenvalue weighted by atomic mass is 10.1.